The summed E-state index contributed by atoms with van der Waals surface area (Å²) < 4.78 is 12.9. The predicted molar refractivity (Wildman–Crippen MR) is 72.9 cm³/mol. The Kier molecular flexibility index (Phi) is 3.90. The van der Waals surface area contributed by atoms with Crippen LogP contribution in [0.1, 0.15) is 38.7 Å². The molecule has 0 saturated heterocycles. The van der Waals surface area contributed by atoms with Crippen molar-refractivity contribution in [1.82, 2.24) is 4.90 Å². The van der Waals surface area contributed by atoms with E-state index in [1.54, 1.807) is 19.1 Å². The molecule has 1 aliphatic carbocycles. The number of halogens is 1. The number of hydrogen-bond donors (Lipinski definition) is 1. The molecule has 104 valence electrons. The highest BCUT2D eigenvalue weighted by Crippen LogP contribution is 2.30. The minimum atomic E-state index is -0.817. The van der Waals surface area contributed by atoms with E-state index in [-0.39, 0.29) is 11.7 Å². The Labute approximate surface area is 113 Å². The minimum Gasteiger partial charge on any atom is -0.334 e. The van der Waals surface area contributed by atoms with E-state index >= 15 is 0 Å². The van der Waals surface area contributed by atoms with Gasteiger partial charge in [0.1, 0.15) is 5.82 Å². The van der Waals surface area contributed by atoms with E-state index in [1.165, 1.54) is 12.1 Å². The summed E-state index contributed by atoms with van der Waals surface area (Å²) in [6, 6.07) is 6.58. The second kappa shape index (κ2) is 5.29. The third-order valence-electron chi connectivity index (χ3n) is 3.74. The number of hydrogen-bond acceptors (Lipinski definition) is 2. The molecule has 1 atom stereocenters. The van der Waals surface area contributed by atoms with E-state index in [4.69, 9.17) is 5.73 Å². The third-order valence-corrected chi connectivity index (χ3v) is 3.74. The molecule has 19 heavy (non-hydrogen) atoms. The Hall–Kier alpha value is -1.42. The zero-order valence-electron chi connectivity index (χ0n) is 11.5. The number of nitrogens with two attached hydrogens (primary N) is 1. The molecule has 2 N–H and O–H groups in total. The van der Waals surface area contributed by atoms with Crippen LogP contribution in [-0.4, -0.2) is 22.4 Å². The highest BCUT2D eigenvalue weighted by molar-refractivity contribution is 5.86. The number of rotatable bonds is 5. The molecule has 0 radical (unpaired) electrons. The smallest absolute Gasteiger partial charge is 0.242 e. The molecule has 1 saturated carbocycles. The molecule has 2 rings (SSSR count). The van der Waals surface area contributed by atoms with Crippen LogP contribution in [0, 0.1) is 5.82 Å². The van der Waals surface area contributed by atoms with Gasteiger partial charge < -0.3 is 10.6 Å². The largest absolute Gasteiger partial charge is 0.334 e. The van der Waals surface area contributed by atoms with Gasteiger partial charge in [-0.05, 0) is 43.9 Å². The summed E-state index contributed by atoms with van der Waals surface area (Å²) in [6.45, 7) is 4.20. The third kappa shape index (κ3) is 3.32. The van der Waals surface area contributed by atoms with Crippen molar-refractivity contribution in [2.45, 2.75) is 51.2 Å². The Morgan fingerprint density at radius 2 is 2.00 bits per heavy atom. The average Bonchev–Trinajstić information content (AvgIpc) is 3.21. The zero-order valence-corrected chi connectivity index (χ0v) is 11.5. The second-order valence-corrected chi connectivity index (χ2v) is 5.56. The first-order valence-corrected chi connectivity index (χ1v) is 6.78. The van der Waals surface area contributed by atoms with Crippen molar-refractivity contribution >= 4 is 5.91 Å². The lowest BCUT2D eigenvalue weighted by molar-refractivity contribution is -0.137. The fraction of sp³-hybridized carbons (Fsp3) is 0.533. The van der Waals surface area contributed by atoms with Gasteiger partial charge in [-0.25, -0.2) is 4.39 Å². The van der Waals surface area contributed by atoms with E-state index in [0.717, 1.165) is 18.4 Å². The fourth-order valence-corrected chi connectivity index (χ4v) is 2.02. The minimum absolute atomic E-state index is 0.0122. The monoisotopic (exact) mass is 264 g/mol. The van der Waals surface area contributed by atoms with Crippen molar-refractivity contribution < 1.29 is 9.18 Å². The van der Waals surface area contributed by atoms with Gasteiger partial charge in [0.05, 0.1) is 5.54 Å². The molecule has 0 heterocycles. The summed E-state index contributed by atoms with van der Waals surface area (Å²) >= 11 is 0. The number of amides is 1. The maximum Gasteiger partial charge on any atom is 0.242 e. The molecule has 1 unspecified atom stereocenters. The number of nitrogens with zero attached hydrogens (tertiary/aromatic N) is 1. The lowest BCUT2D eigenvalue weighted by atomic mass is 9.98. The van der Waals surface area contributed by atoms with Gasteiger partial charge in [0.15, 0.2) is 0 Å². The highest BCUT2D eigenvalue weighted by Gasteiger charge is 2.39. The highest BCUT2D eigenvalue weighted by atomic mass is 19.1. The van der Waals surface area contributed by atoms with Crippen LogP contribution < -0.4 is 5.73 Å². The van der Waals surface area contributed by atoms with Crippen LogP contribution in [0.3, 0.4) is 0 Å². The molecule has 0 spiro atoms. The van der Waals surface area contributed by atoms with Gasteiger partial charge in [-0.3, -0.25) is 4.79 Å². The van der Waals surface area contributed by atoms with Crippen molar-refractivity contribution in [3.8, 4) is 0 Å². The van der Waals surface area contributed by atoms with Crippen LogP contribution in [0.15, 0.2) is 24.3 Å². The Morgan fingerprint density at radius 1 is 1.42 bits per heavy atom. The lowest BCUT2D eigenvalue weighted by Crippen LogP contribution is -2.53. The van der Waals surface area contributed by atoms with Gasteiger partial charge in [0.2, 0.25) is 5.91 Å². The summed E-state index contributed by atoms with van der Waals surface area (Å²) in [4.78, 5) is 14.3. The van der Waals surface area contributed by atoms with Gasteiger partial charge in [0, 0.05) is 12.6 Å². The second-order valence-electron chi connectivity index (χ2n) is 5.56. The van der Waals surface area contributed by atoms with Crippen LogP contribution in [0.4, 0.5) is 4.39 Å². The number of carbonyl (C=O) groups excluding carboxylic acids is 1. The van der Waals surface area contributed by atoms with Gasteiger partial charge in [0.25, 0.3) is 0 Å². The molecule has 0 bridgehead atoms. The fourth-order valence-electron chi connectivity index (χ4n) is 2.02. The van der Waals surface area contributed by atoms with Gasteiger partial charge in [-0.1, -0.05) is 19.1 Å². The molecule has 0 aromatic heterocycles. The van der Waals surface area contributed by atoms with Gasteiger partial charge in [-0.2, -0.15) is 0 Å². The molecule has 4 heteroatoms. The summed E-state index contributed by atoms with van der Waals surface area (Å²) in [5.41, 5.74) is 6.17. The normalized spacial score (nSPS) is 17.9. The molecule has 0 aliphatic heterocycles. The van der Waals surface area contributed by atoms with Crippen LogP contribution >= 0.6 is 0 Å². The van der Waals surface area contributed by atoms with Crippen molar-refractivity contribution in [2.75, 3.05) is 0 Å². The lowest BCUT2D eigenvalue weighted by Gasteiger charge is -2.31. The van der Waals surface area contributed by atoms with Crippen molar-refractivity contribution in [3.05, 3.63) is 35.6 Å². The molecule has 3 nitrogen and oxygen atoms in total. The van der Waals surface area contributed by atoms with E-state index < -0.39 is 5.54 Å². The molecule has 1 amide bonds. The first-order chi connectivity index (χ1) is 8.94. The van der Waals surface area contributed by atoms with E-state index in [1.807, 2.05) is 11.8 Å². The summed E-state index contributed by atoms with van der Waals surface area (Å²) in [5, 5.41) is 0. The molecular weight excluding hydrogens is 243 g/mol. The molecule has 1 aromatic carbocycles. The molecule has 1 fully saturated rings. The van der Waals surface area contributed by atoms with E-state index in [0.29, 0.717) is 19.0 Å². The van der Waals surface area contributed by atoms with E-state index in [2.05, 4.69) is 0 Å². The van der Waals surface area contributed by atoms with Crippen molar-refractivity contribution in [3.63, 3.8) is 0 Å². The van der Waals surface area contributed by atoms with Crippen molar-refractivity contribution in [2.24, 2.45) is 5.73 Å². The van der Waals surface area contributed by atoms with Crippen molar-refractivity contribution in [1.29, 1.82) is 0 Å². The Bertz CT molecular complexity index is 452. The van der Waals surface area contributed by atoms with Crippen LogP contribution in [0.5, 0.6) is 0 Å². The Balaban J connectivity index is 2.13. The first-order valence-electron chi connectivity index (χ1n) is 6.78. The summed E-state index contributed by atoms with van der Waals surface area (Å²) in [5.74, 6) is -0.271. The quantitative estimate of drug-likeness (QED) is 0.888. The topological polar surface area (TPSA) is 46.3 Å². The summed E-state index contributed by atoms with van der Waals surface area (Å²) in [7, 11) is 0. The van der Waals surface area contributed by atoms with Crippen LogP contribution in [0.2, 0.25) is 0 Å². The standard InChI is InChI=1S/C15H21FN2O/c1-3-15(2,17)14(19)18(13-8-9-13)10-11-4-6-12(16)7-5-11/h4-7,13H,3,8-10,17H2,1-2H3. The zero-order chi connectivity index (χ0) is 14.0. The maximum atomic E-state index is 12.9. The summed E-state index contributed by atoms with van der Waals surface area (Å²) in [6.07, 6.45) is 2.68. The number of carbonyl (C=O) groups is 1. The molecule has 1 aromatic rings. The van der Waals surface area contributed by atoms with Crippen LogP contribution in [-0.2, 0) is 11.3 Å². The maximum absolute atomic E-state index is 12.9. The average molecular weight is 264 g/mol. The number of benzene rings is 1. The van der Waals surface area contributed by atoms with Gasteiger partial charge in [-0.15, -0.1) is 0 Å². The van der Waals surface area contributed by atoms with Gasteiger partial charge >= 0.3 is 0 Å². The molecular formula is C15H21FN2O. The van der Waals surface area contributed by atoms with Crippen LogP contribution in [0.25, 0.3) is 0 Å². The molecule has 1 aliphatic rings. The SMILES string of the molecule is CCC(C)(N)C(=O)N(Cc1ccc(F)cc1)C1CC1. The Morgan fingerprint density at radius 3 is 2.47 bits per heavy atom. The van der Waals surface area contributed by atoms with E-state index in [9.17, 15) is 9.18 Å². The predicted octanol–water partition coefficient (Wildman–Crippen LogP) is 2.44. The first kappa shape index (κ1) is 14.0.